The maximum Gasteiger partial charge on any atom is 0.139 e. The van der Waals surface area contributed by atoms with E-state index < -0.39 is 0 Å². The fourth-order valence-electron chi connectivity index (χ4n) is 4.78. The molecule has 0 radical (unpaired) electrons. The predicted octanol–water partition coefficient (Wildman–Crippen LogP) is 8.07. The number of rotatable bonds is 4. The van der Waals surface area contributed by atoms with Crippen LogP contribution in [0.15, 0.2) is 57.4 Å². The zero-order valence-electron chi connectivity index (χ0n) is 16.3. The summed E-state index contributed by atoms with van der Waals surface area (Å²) < 4.78 is 13.0. The Bertz CT molecular complexity index is 1430. The van der Waals surface area contributed by atoms with Gasteiger partial charge in [0, 0.05) is 21.9 Å². The van der Waals surface area contributed by atoms with Crippen LogP contribution < -0.4 is 0 Å². The molecular formula is C26H22O2. The van der Waals surface area contributed by atoms with Gasteiger partial charge in [-0.3, -0.25) is 0 Å². The van der Waals surface area contributed by atoms with Crippen LogP contribution in [0.3, 0.4) is 0 Å². The van der Waals surface area contributed by atoms with Gasteiger partial charge in [-0.15, -0.1) is 0 Å². The average molecular weight is 366 g/mol. The van der Waals surface area contributed by atoms with E-state index in [0.717, 1.165) is 34.3 Å². The van der Waals surface area contributed by atoms with Crippen molar-refractivity contribution >= 4 is 43.9 Å². The Labute approximate surface area is 163 Å². The van der Waals surface area contributed by atoms with E-state index in [1.54, 1.807) is 0 Å². The van der Waals surface area contributed by atoms with Gasteiger partial charge >= 0.3 is 0 Å². The predicted molar refractivity (Wildman–Crippen MR) is 117 cm³/mol. The smallest absolute Gasteiger partial charge is 0.139 e. The second-order valence-electron chi connectivity index (χ2n) is 8.00. The zero-order chi connectivity index (χ0) is 18.8. The van der Waals surface area contributed by atoms with Gasteiger partial charge in [0.2, 0.25) is 0 Å². The van der Waals surface area contributed by atoms with Crippen molar-refractivity contribution in [2.75, 3.05) is 0 Å². The molecule has 0 saturated heterocycles. The normalized spacial score (nSPS) is 12.5. The van der Waals surface area contributed by atoms with Crippen molar-refractivity contribution in [3.05, 3.63) is 59.7 Å². The molecule has 0 amide bonds. The first-order valence-corrected chi connectivity index (χ1v) is 10.3. The molecule has 0 spiro atoms. The SMILES string of the molecule is CCCCCc1ccc2ccc3oc4c(C)ccc5ccc6oc1c2c3-c6c54. The highest BCUT2D eigenvalue weighted by Gasteiger charge is 2.25. The highest BCUT2D eigenvalue weighted by atomic mass is 16.3. The molecule has 138 valence electrons. The van der Waals surface area contributed by atoms with Crippen molar-refractivity contribution in [2.24, 2.45) is 0 Å². The Hall–Kier alpha value is -3.00. The molecule has 6 rings (SSSR count). The van der Waals surface area contributed by atoms with E-state index in [0.29, 0.717) is 0 Å². The summed E-state index contributed by atoms with van der Waals surface area (Å²) in [7, 11) is 0. The second kappa shape index (κ2) is 5.75. The topological polar surface area (TPSA) is 26.3 Å². The van der Waals surface area contributed by atoms with Crippen LogP contribution in [-0.4, -0.2) is 0 Å². The molecule has 2 heteroatoms. The first-order chi connectivity index (χ1) is 13.8. The molecule has 2 aliphatic heterocycles. The van der Waals surface area contributed by atoms with E-state index in [2.05, 4.69) is 62.4 Å². The molecule has 0 bridgehead atoms. The van der Waals surface area contributed by atoms with Crippen molar-refractivity contribution in [3.8, 4) is 11.1 Å². The van der Waals surface area contributed by atoms with E-state index in [4.69, 9.17) is 8.83 Å². The second-order valence-corrected chi connectivity index (χ2v) is 8.00. The third-order valence-corrected chi connectivity index (χ3v) is 6.20. The van der Waals surface area contributed by atoms with Gasteiger partial charge in [0.1, 0.15) is 22.3 Å². The summed E-state index contributed by atoms with van der Waals surface area (Å²) in [6, 6.07) is 17.3. The van der Waals surface area contributed by atoms with Crippen LogP contribution in [0.4, 0.5) is 0 Å². The fourth-order valence-corrected chi connectivity index (χ4v) is 4.78. The largest absolute Gasteiger partial charge is 0.456 e. The van der Waals surface area contributed by atoms with Crippen molar-refractivity contribution < 1.29 is 8.83 Å². The highest BCUT2D eigenvalue weighted by molar-refractivity contribution is 6.23. The van der Waals surface area contributed by atoms with Crippen molar-refractivity contribution in [3.63, 3.8) is 0 Å². The van der Waals surface area contributed by atoms with E-state index in [9.17, 15) is 0 Å². The summed E-state index contributed by atoms with van der Waals surface area (Å²) in [6.45, 7) is 4.36. The number of hydrogen-bond donors (Lipinski definition) is 0. The Kier molecular flexibility index (Phi) is 3.28. The van der Waals surface area contributed by atoms with E-state index >= 15 is 0 Å². The molecule has 4 aromatic carbocycles. The van der Waals surface area contributed by atoms with Gasteiger partial charge in [-0.25, -0.2) is 0 Å². The molecule has 0 unspecified atom stereocenters. The number of unbranched alkanes of at least 4 members (excludes halogenated alkanes) is 2. The van der Waals surface area contributed by atoms with Gasteiger partial charge in [0.05, 0.1) is 0 Å². The van der Waals surface area contributed by atoms with Crippen molar-refractivity contribution in [1.82, 2.24) is 0 Å². The molecule has 2 heterocycles. The first kappa shape index (κ1) is 16.0. The Morgan fingerprint density at radius 3 is 2.00 bits per heavy atom. The van der Waals surface area contributed by atoms with E-state index in [1.165, 1.54) is 57.5 Å². The van der Waals surface area contributed by atoms with Crippen molar-refractivity contribution in [1.29, 1.82) is 0 Å². The van der Waals surface area contributed by atoms with Crippen LogP contribution in [-0.2, 0) is 6.42 Å². The molecule has 0 saturated carbocycles. The lowest BCUT2D eigenvalue weighted by Gasteiger charge is -2.21. The standard InChI is InChI=1S/C26H22O2/c1-3-4-5-6-18-10-9-17-12-13-19-24-22(17)26(18)28-20-14-11-16-8-7-15(2)25(27-19)21(16)23(20)24/h7-14H,3-6H2,1-2H3. The van der Waals surface area contributed by atoms with Crippen LogP contribution in [0.1, 0.15) is 37.3 Å². The minimum atomic E-state index is 0.943. The van der Waals surface area contributed by atoms with Gasteiger partial charge in [-0.05, 0) is 53.8 Å². The summed E-state index contributed by atoms with van der Waals surface area (Å²) in [6.07, 6.45) is 4.72. The lowest BCUT2D eigenvalue weighted by molar-refractivity contribution is 0.637. The molecule has 0 N–H and O–H groups in total. The lowest BCUT2D eigenvalue weighted by atomic mass is 9.88. The molecule has 0 aliphatic carbocycles. The summed E-state index contributed by atoms with van der Waals surface area (Å²) in [5, 5.41) is 4.81. The van der Waals surface area contributed by atoms with Gasteiger partial charge < -0.3 is 8.83 Å². The maximum absolute atomic E-state index is 6.59. The Balaban J connectivity index is 1.81. The quantitative estimate of drug-likeness (QED) is 0.179. The van der Waals surface area contributed by atoms with Gasteiger partial charge in [0.25, 0.3) is 0 Å². The van der Waals surface area contributed by atoms with Crippen LogP contribution in [0.5, 0.6) is 0 Å². The monoisotopic (exact) mass is 366 g/mol. The average Bonchev–Trinajstić information content (AvgIpc) is 2.73. The molecule has 0 atom stereocenters. The van der Waals surface area contributed by atoms with Gasteiger partial charge in [-0.1, -0.05) is 56.2 Å². The lowest BCUT2D eigenvalue weighted by Crippen LogP contribution is -1.97. The molecule has 2 nitrogen and oxygen atoms in total. The van der Waals surface area contributed by atoms with Crippen molar-refractivity contribution in [2.45, 2.75) is 39.5 Å². The third-order valence-electron chi connectivity index (χ3n) is 6.20. The van der Waals surface area contributed by atoms with Crippen LogP contribution >= 0.6 is 0 Å². The Morgan fingerprint density at radius 1 is 0.679 bits per heavy atom. The molecule has 0 fully saturated rings. The molecule has 28 heavy (non-hydrogen) atoms. The van der Waals surface area contributed by atoms with Crippen LogP contribution in [0.25, 0.3) is 55.0 Å². The minimum Gasteiger partial charge on any atom is -0.456 e. The minimum absolute atomic E-state index is 0.943. The van der Waals surface area contributed by atoms with Crippen LogP contribution in [0, 0.1) is 6.92 Å². The van der Waals surface area contributed by atoms with Gasteiger partial charge in [-0.2, -0.15) is 0 Å². The zero-order valence-corrected chi connectivity index (χ0v) is 16.3. The Morgan fingerprint density at radius 2 is 1.29 bits per heavy atom. The summed E-state index contributed by atoms with van der Waals surface area (Å²) in [5.74, 6) is 0. The highest BCUT2D eigenvalue weighted by Crippen LogP contribution is 2.48. The van der Waals surface area contributed by atoms with Crippen LogP contribution in [0.2, 0.25) is 0 Å². The molecule has 0 aromatic heterocycles. The molecule has 2 aliphatic rings. The summed E-state index contributed by atoms with van der Waals surface area (Å²) in [4.78, 5) is 0. The maximum atomic E-state index is 6.59. The summed E-state index contributed by atoms with van der Waals surface area (Å²) >= 11 is 0. The third kappa shape index (κ3) is 2.03. The number of hydrogen-bond acceptors (Lipinski definition) is 2. The number of aryl methyl sites for hydroxylation is 2. The fraction of sp³-hybridized carbons (Fsp3) is 0.231. The van der Waals surface area contributed by atoms with E-state index in [-0.39, 0.29) is 0 Å². The van der Waals surface area contributed by atoms with E-state index in [1.807, 2.05) is 0 Å². The molecule has 4 aromatic rings. The molecular weight excluding hydrogens is 344 g/mol. The van der Waals surface area contributed by atoms with Gasteiger partial charge in [0.15, 0.2) is 0 Å². The first-order valence-electron chi connectivity index (χ1n) is 10.3. The summed E-state index contributed by atoms with van der Waals surface area (Å²) in [5.41, 5.74) is 8.74. The number of benzene rings is 4.